The summed E-state index contributed by atoms with van der Waals surface area (Å²) < 4.78 is 166. The maximum Gasteiger partial charge on any atom is 0.460 e. The molecule has 0 amide bonds. The van der Waals surface area contributed by atoms with Crippen LogP contribution in [0.2, 0.25) is 0 Å². The first-order chi connectivity index (χ1) is 11.8. The van der Waals surface area contributed by atoms with Gasteiger partial charge in [-0.1, -0.05) is 19.8 Å². The van der Waals surface area contributed by atoms with E-state index in [9.17, 15) is 57.1 Å². The topological polar surface area (TPSA) is 0 Å². The van der Waals surface area contributed by atoms with Gasteiger partial charge in [-0.2, -0.15) is 57.1 Å². The Kier molecular flexibility index (Phi) is 7.52. The molecule has 0 rings (SSSR count). The van der Waals surface area contributed by atoms with Gasteiger partial charge >= 0.3 is 35.8 Å². The smallest absolute Gasteiger partial charge is 0.194 e. The molecule has 0 nitrogen and oxygen atoms in total. The number of hydrogen-bond acceptors (Lipinski definition) is 0. The lowest BCUT2D eigenvalue weighted by Crippen LogP contribution is -2.69. The molecule has 0 aliphatic carbocycles. The third-order valence-corrected chi connectivity index (χ3v) is 3.29. The highest BCUT2D eigenvalue weighted by Gasteiger charge is 2.90. The van der Waals surface area contributed by atoms with Crippen molar-refractivity contribution in [3.8, 4) is 0 Å². The zero-order valence-corrected chi connectivity index (χ0v) is 13.4. The van der Waals surface area contributed by atoms with Gasteiger partial charge in [0.2, 0.25) is 0 Å². The molecule has 0 unspecified atom stereocenters. The Labute approximate surface area is 144 Å². The van der Waals surface area contributed by atoms with Crippen LogP contribution in [0.5, 0.6) is 0 Å². The molecule has 0 saturated heterocycles. The van der Waals surface area contributed by atoms with E-state index in [2.05, 4.69) is 0 Å². The molecule has 0 bridgehead atoms. The summed E-state index contributed by atoms with van der Waals surface area (Å²) >= 11 is 0. The van der Waals surface area contributed by atoms with E-state index in [4.69, 9.17) is 0 Å². The Morgan fingerprint density at radius 3 is 1.48 bits per heavy atom. The third-order valence-electron chi connectivity index (χ3n) is 3.29. The van der Waals surface area contributed by atoms with Gasteiger partial charge < -0.3 is 0 Å². The zero-order valence-electron chi connectivity index (χ0n) is 13.4. The summed E-state index contributed by atoms with van der Waals surface area (Å²) in [5.74, 6) is -36.8. The number of rotatable bonds is 9. The molecular weight excluding hydrogens is 415 g/mol. The van der Waals surface area contributed by atoms with E-state index in [0.29, 0.717) is 25.3 Å². The summed E-state index contributed by atoms with van der Waals surface area (Å²) in [5, 5.41) is 0. The highest BCUT2D eigenvalue weighted by Crippen LogP contribution is 2.60. The fraction of sp³-hybridized carbons (Fsp3) is 0.786. The summed E-state index contributed by atoms with van der Waals surface area (Å²) in [6, 6.07) is 0. The summed E-state index contributed by atoms with van der Waals surface area (Å²) in [7, 11) is 0. The number of hydrogen-bond donors (Lipinski definition) is 0. The second kappa shape index (κ2) is 7.92. The molecule has 160 valence electrons. The van der Waals surface area contributed by atoms with Crippen LogP contribution < -0.4 is 0 Å². The molecule has 27 heavy (non-hydrogen) atoms. The highest BCUT2D eigenvalue weighted by atomic mass is 19.4. The molecule has 0 fully saturated rings. The number of alkyl halides is 13. The maximum atomic E-state index is 13.3. The van der Waals surface area contributed by atoms with E-state index >= 15 is 0 Å². The predicted octanol–water partition coefficient (Wildman–Crippen LogP) is 7.02. The second-order valence-electron chi connectivity index (χ2n) is 5.43. The van der Waals surface area contributed by atoms with Crippen molar-refractivity contribution in [2.45, 2.75) is 68.4 Å². The summed E-state index contributed by atoms with van der Waals surface area (Å²) in [5.41, 5.74) is 1.32. The van der Waals surface area contributed by atoms with E-state index in [-0.39, 0.29) is 6.42 Å². The monoisotopic (exact) mass is 428 g/mol. The lowest BCUT2D eigenvalue weighted by Gasteiger charge is -2.38. The van der Waals surface area contributed by atoms with Crippen LogP contribution >= 0.6 is 0 Å². The van der Waals surface area contributed by atoms with Gasteiger partial charge in [-0.25, -0.2) is 0 Å². The molecule has 0 aromatic heterocycles. The van der Waals surface area contributed by atoms with Crippen LogP contribution in [0.15, 0.2) is 17.9 Å². The van der Waals surface area contributed by atoms with Crippen molar-refractivity contribution in [3.63, 3.8) is 0 Å². The van der Waals surface area contributed by atoms with E-state index in [1.54, 1.807) is 6.92 Å². The van der Waals surface area contributed by atoms with Crippen LogP contribution in [0.25, 0.3) is 0 Å². The van der Waals surface area contributed by atoms with E-state index in [0.717, 1.165) is 0 Å². The van der Waals surface area contributed by atoms with Gasteiger partial charge in [0.05, 0.1) is 0 Å². The fourth-order valence-corrected chi connectivity index (χ4v) is 1.62. The van der Waals surface area contributed by atoms with Crippen molar-refractivity contribution in [2.75, 3.05) is 0 Å². The van der Waals surface area contributed by atoms with E-state index in [1.165, 1.54) is 5.73 Å². The van der Waals surface area contributed by atoms with Crippen LogP contribution in [0.4, 0.5) is 57.1 Å². The van der Waals surface area contributed by atoms with Crippen molar-refractivity contribution >= 4 is 0 Å². The Bertz CT molecular complexity index is 550. The first kappa shape index (κ1) is 25.6. The number of allylic oxidation sites excluding steroid dienone is 1. The van der Waals surface area contributed by atoms with Gasteiger partial charge in [0.1, 0.15) is 0 Å². The van der Waals surface area contributed by atoms with Crippen molar-refractivity contribution < 1.29 is 57.1 Å². The minimum atomic E-state index is -7.87. The molecule has 0 radical (unpaired) electrons. The Morgan fingerprint density at radius 2 is 1.07 bits per heavy atom. The van der Waals surface area contributed by atoms with Gasteiger partial charge in [0.25, 0.3) is 0 Å². The first-order valence-electron chi connectivity index (χ1n) is 7.19. The predicted molar refractivity (Wildman–Crippen MR) is 67.6 cm³/mol. The largest absolute Gasteiger partial charge is 0.460 e. The van der Waals surface area contributed by atoms with Gasteiger partial charge in [-0.05, 0) is 18.9 Å². The van der Waals surface area contributed by atoms with Crippen molar-refractivity contribution in [2.24, 2.45) is 0 Å². The normalized spacial score (nSPS) is 14.7. The molecule has 0 aliphatic rings. The van der Waals surface area contributed by atoms with Gasteiger partial charge in [0.15, 0.2) is 0 Å². The molecule has 0 spiro atoms. The van der Waals surface area contributed by atoms with Crippen LogP contribution in [-0.4, -0.2) is 35.8 Å². The molecular formula is C14H13F13. The maximum absolute atomic E-state index is 13.3. The molecule has 0 atom stereocenters. The SMILES string of the molecule is CCCCCC=C=CC(F)(F)C(F)(F)C(F)(F)C(F)(F)C(F)(F)C(F)(F)F. The Morgan fingerprint density at radius 1 is 0.630 bits per heavy atom. The Hall–Kier alpha value is -1.39. The molecule has 0 aromatic carbocycles. The number of unbranched alkanes of at least 4 members (excludes halogenated alkanes) is 3. The lowest BCUT2D eigenvalue weighted by atomic mass is 9.94. The van der Waals surface area contributed by atoms with Crippen molar-refractivity contribution in [1.29, 1.82) is 0 Å². The fourth-order valence-electron chi connectivity index (χ4n) is 1.62. The van der Waals surface area contributed by atoms with Crippen molar-refractivity contribution in [1.82, 2.24) is 0 Å². The molecule has 0 aliphatic heterocycles. The van der Waals surface area contributed by atoms with Gasteiger partial charge in [-0.15, -0.1) is 5.73 Å². The summed E-state index contributed by atoms with van der Waals surface area (Å²) in [4.78, 5) is 0. The zero-order chi connectivity index (χ0) is 21.9. The quantitative estimate of drug-likeness (QED) is 0.210. The molecule has 0 heterocycles. The van der Waals surface area contributed by atoms with E-state index in [1.807, 2.05) is 0 Å². The lowest BCUT2D eigenvalue weighted by molar-refractivity contribution is -0.436. The molecule has 0 aromatic rings. The van der Waals surface area contributed by atoms with Crippen LogP contribution in [0.1, 0.15) is 32.6 Å². The van der Waals surface area contributed by atoms with Crippen LogP contribution in [-0.2, 0) is 0 Å². The standard InChI is InChI=1S/C14H13F13/c1-2-3-4-5-6-7-8-9(15,16)10(17,18)11(19,20)12(21,22)13(23,24)14(25,26)27/h6,8H,2-5H2,1H3. The van der Waals surface area contributed by atoms with Gasteiger partial charge in [0, 0.05) is 6.08 Å². The summed E-state index contributed by atoms with van der Waals surface area (Å²) in [6.07, 6.45) is -6.27. The molecule has 0 saturated carbocycles. The average molecular weight is 428 g/mol. The Balaban J connectivity index is 5.91. The molecule has 0 N–H and O–H groups in total. The summed E-state index contributed by atoms with van der Waals surface area (Å²) in [6.45, 7) is 1.74. The third kappa shape index (κ3) is 4.55. The number of halogens is 13. The average Bonchev–Trinajstić information content (AvgIpc) is 2.48. The highest BCUT2D eigenvalue weighted by molar-refractivity contribution is 5.15. The van der Waals surface area contributed by atoms with E-state index < -0.39 is 41.9 Å². The minimum Gasteiger partial charge on any atom is -0.194 e. The van der Waals surface area contributed by atoms with Crippen LogP contribution in [0, 0.1) is 0 Å². The first-order valence-corrected chi connectivity index (χ1v) is 7.19. The second-order valence-corrected chi connectivity index (χ2v) is 5.43. The minimum absolute atomic E-state index is 0.0370. The van der Waals surface area contributed by atoms with Crippen molar-refractivity contribution in [3.05, 3.63) is 17.9 Å². The molecule has 13 heteroatoms. The van der Waals surface area contributed by atoms with Gasteiger partial charge in [-0.3, -0.25) is 0 Å². The van der Waals surface area contributed by atoms with Crippen LogP contribution in [0.3, 0.4) is 0 Å².